The van der Waals surface area contributed by atoms with E-state index in [-0.39, 0.29) is 5.56 Å². The lowest BCUT2D eigenvalue weighted by molar-refractivity contribution is 0.0696. The van der Waals surface area contributed by atoms with E-state index in [1.165, 1.54) is 16.2 Å². The fourth-order valence-corrected chi connectivity index (χ4v) is 2.56. The summed E-state index contributed by atoms with van der Waals surface area (Å²) in [5.41, 5.74) is 0.282. The highest BCUT2D eigenvalue weighted by Crippen LogP contribution is 2.02. The van der Waals surface area contributed by atoms with E-state index in [1.807, 2.05) is 0 Å². The van der Waals surface area contributed by atoms with E-state index in [0.29, 0.717) is 18.4 Å². The average molecular weight is 253 g/mol. The van der Waals surface area contributed by atoms with Crippen LogP contribution in [0.3, 0.4) is 0 Å². The van der Waals surface area contributed by atoms with E-state index < -0.39 is 12.1 Å². The third-order valence-electron chi connectivity index (χ3n) is 2.36. The predicted octanol–water partition coefficient (Wildman–Crippen LogP) is 0.437. The van der Waals surface area contributed by atoms with Crippen LogP contribution in [0.15, 0.2) is 5.38 Å². The van der Waals surface area contributed by atoms with Gasteiger partial charge in [-0.2, -0.15) is 0 Å². The molecule has 1 N–H and O–H groups in total. The van der Waals surface area contributed by atoms with Gasteiger partial charge >= 0.3 is 12.1 Å². The standard InChI is InChI=1S/C11H11NO4S/c1-2-16-11(15)12-4-3-7-8(10(13)14)6-17-9(7)5-12/h3,5-6H,2,4H2,1H3,(H,13,14). The monoisotopic (exact) mass is 253 g/mol. The summed E-state index contributed by atoms with van der Waals surface area (Å²) in [5.74, 6) is -0.947. The molecule has 1 aliphatic rings. The van der Waals surface area contributed by atoms with E-state index in [9.17, 15) is 9.59 Å². The average Bonchev–Trinajstić information content (AvgIpc) is 2.71. The first-order valence-corrected chi connectivity index (χ1v) is 5.97. The van der Waals surface area contributed by atoms with Gasteiger partial charge in [0.1, 0.15) is 0 Å². The van der Waals surface area contributed by atoms with E-state index in [2.05, 4.69) is 0 Å². The van der Waals surface area contributed by atoms with Crippen LogP contribution in [-0.4, -0.2) is 35.2 Å². The summed E-state index contributed by atoms with van der Waals surface area (Å²) in [6.07, 6.45) is 2.94. The largest absolute Gasteiger partial charge is 0.478 e. The van der Waals surface area contributed by atoms with Gasteiger partial charge in [-0.25, -0.2) is 9.59 Å². The Morgan fingerprint density at radius 3 is 3.00 bits per heavy atom. The van der Waals surface area contributed by atoms with Crippen LogP contribution >= 0.6 is 11.3 Å². The van der Waals surface area contributed by atoms with Gasteiger partial charge in [-0.15, -0.1) is 11.3 Å². The lowest BCUT2D eigenvalue weighted by Gasteiger charge is -2.17. The molecule has 1 aliphatic heterocycles. The van der Waals surface area contributed by atoms with Gasteiger partial charge in [-0.1, -0.05) is 6.08 Å². The highest BCUT2D eigenvalue weighted by Gasteiger charge is 2.16. The van der Waals surface area contributed by atoms with Crippen LogP contribution in [0.5, 0.6) is 0 Å². The molecule has 0 atom stereocenters. The van der Waals surface area contributed by atoms with Crippen molar-refractivity contribution >= 4 is 35.7 Å². The number of carbonyl (C=O) groups is 2. The third kappa shape index (κ3) is 2.16. The zero-order valence-electron chi connectivity index (χ0n) is 9.17. The first-order valence-electron chi connectivity index (χ1n) is 5.09. The number of nitrogens with zero attached hydrogens (tertiary/aromatic N) is 1. The Morgan fingerprint density at radius 1 is 1.59 bits per heavy atom. The Labute approximate surface area is 101 Å². The van der Waals surface area contributed by atoms with E-state index >= 15 is 0 Å². The molecule has 0 radical (unpaired) electrons. The van der Waals surface area contributed by atoms with Crippen molar-refractivity contribution in [1.82, 2.24) is 4.90 Å². The Morgan fingerprint density at radius 2 is 2.35 bits per heavy atom. The first kappa shape index (κ1) is 11.7. The Hall–Kier alpha value is -1.82. The number of hydrogen-bond donors (Lipinski definition) is 1. The molecular formula is C11H11NO4S. The van der Waals surface area contributed by atoms with E-state index in [1.54, 1.807) is 24.6 Å². The topological polar surface area (TPSA) is 66.8 Å². The number of fused-ring (bicyclic) bond motifs is 1. The van der Waals surface area contributed by atoms with Gasteiger partial charge in [0.25, 0.3) is 0 Å². The molecule has 1 aromatic heterocycles. The fraction of sp³-hybridized carbons (Fsp3) is 0.273. The molecular weight excluding hydrogens is 242 g/mol. The second-order valence-electron chi connectivity index (χ2n) is 3.42. The maximum Gasteiger partial charge on any atom is 0.414 e. The molecule has 0 aliphatic carbocycles. The van der Waals surface area contributed by atoms with Crippen molar-refractivity contribution in [2.24, 2.45) is 0 Å². The van der Waals surface area contributed by atoms with Gasteiger partial charge in [0.2, 0.25) is 0 Å². The minimum Gasteiger partial charge on any atom is -0.478 e. The van der Waals surface area contributed by atoms with Crippen LogP contribution in [0, 0.1) is 0 Å². The van der Waals surface area contributed by atoms with Gasteiger partial charge in [0, 0.05) is 23.3 Å². The molecule has 2 heterocycles. The molecule has 5 nitrogen and oxygen atoms in total. The minimum absolute atomic E-state index is 0.282. The summed E-state index contributed by atoms with van der Waals surface area (Å²) in [7, 11) is 0. The van der Waals surface area contributed by atoms with Gasteiger partial charge in [0.05, 0.1) is 16.7 Å². The van der Waals surface area contributed by atoms with Crippen molar-refractivity contribution in [3.8, 4) is 0 Å². The van der Waals surface area contributed by atoms with E-state index in [0.717, 1.165) is 4.53 Å². The molecule has 0 aromatic carbocycles. The summed E-state index contributed by atoms with van der Waals surface area (Å²) in [6.45, 7) is 2.40. The molecule has 17 heavy (non-hydrogen) atoms. The summed E-state index contributed by atoms with van der Waals surface area (Å²) < 4.78 is 5.64. The normalized spacial score (nSPS) is 13.4. The molecule has 2 rings (SSSR count). The molecule has 1 aromatic rings. The molecule has 0 saturated carbocycles. The van der Waals surface area contributed by atoms with Gasteiger partial charge in [-0.3, -0.25) is 4.90 Å². The van der Waals surface area contributed by atoms with Crippen LogP contribution in [-0.2, 0) is 4.74 Å². The molecule has 0 fully saturated rings. The SMILES string of the molecule is CCOC(=O)N1C=c2scc(C(=O)O)c2=CC1. The second kappa shape index (κ2) is 4.58. The van der Waals surface area contributed by atoms with Crippen LogP contribution in [0.4, 0.5) is 4.79 Å². The third-order valence-corrected chi connectivity index (χ3v) is 3.29. The number of aromatic carboxylic acids is 1. The summed E-state index contributed by atoms with van der Waals surface area (Å²) in [4.78, 5) is 23.8. The molecule has 6 heteroatoms. The molecule has 1 amide bonds. The fourth-order valence-electron chi connectivity index (χ4n) is 1.58. The molecule has 0 saturated heterocycles. The van der Waals surface area contributed by atoms with Crippen molar-refractivity contribution in [2.45, 2.75) is 6.92 Å². The second-order valence-corrected chi connectivity index (χ2v) is 4.33. The summed E-state index contributed by atoms with van der Waals surface area (Å²) in [5, 5.41) is 11.2. The molecule has 0 bridgehead atoms. The van der Waals surface area contributed by atoms with Gasteiger partial charge in [-0.05, 0) is 6.92 Å². The van der Waals surface area contributed by atoms with E-state index in [4.69, 9.17) is 9.84 Å². The lowest BCUT2D eigenvalue weighted by atomic mass is 10.2. The lowest BCUT2D eigenvalue weighted by Crippen LogP contribution is -2.37. The van der Waals surface area contributed by atoms with Crippen molar-refractivity contribution in [1.29, 1.82) is 0 Å². The van der Waals surface area contributed by atoms with Crippen LogP contribution in [0.25, 0.3) is 12.3 Å². The number of thiophene rings is 1. The summed E-state index contributed by atoms with van der Waals surface area (Å²) >= 11 is 1.30. The minimum atomic E-state index is -0.947. The van der Waals surface area contributed by atoms with Crippen LogP contribution in [0.2, 0.25) is 0 Å². The Kier molecular flexibility index (Phi) is 3.14. The molecule has 0 spiro atoms. The van der Waals surface area contributed by atoms with Crippen LogP contribution < -0.4 is 9.75 Å². The number of carboxylic acid groups (broad SMARTS) is 1. The number of hydrogen-bond acceptors (Lipinski definition) is 4. The van der Waals surface area contributed by atoms with Crippen molar-refractivity contribution < 1.29 is 19.4 Å². The maximum atomic E-state index is 11.5. The molecule has 0 unspecified atom stereocenters. The quantitative estimate of drug-likeness (QED) is 0.830. The highest BCUT2D eigenvalue weighted by atomic mass is 32.1. The zero-order valence-corrected chi connectivity index (χ0v) is 9.99. The van der Waals surface area contributed by atoms with Crippen molar-refractivity contribution in [2.75, 3.05) is 13.2 Å². The highest BCUT2D eigenvalue weighted by molar-refractivity contribution is 7.08. The Bertz CT molecular complexity index is 575. The van der Waals surface area contributed by atoms with Gasteiger partial charge in [0.15, 0.2) is 0 Å². The summed E-state index contributed by atoms with van der Waals surface area (Å²) in [6, 6.07) is 0. The number of carbonyl (C=O) groups excluding carboxylic acids is 1. The van der Waals surface area contributed by atoms with Crippen molar-refractivity contribution in [3.63, 3.8) is 0 Å². The predicted molar refractivity (Wildman–Crippen MR) is 63.2 cm³/mol. The van der Waals surface area contributed by atoms with Gasteiger partial charge < -0.3 is 9.84 Å². The number of rotatable bonds is 2. The zero-order chi connectivity index (χ0) is 12.4. The maximum absolute atomic E-state index is 11.5. The number of carboxylic acids is 1. The smallest absolute Gasteiger partial charge is 0.414 e. The molecule has 90 valence electrons. The van der Waals surface area contributed by atoms with Crippen molar-refractivity contribution in [3.05, 3.63) is 20.7 Å². The number of amides is 1. The first-order chi connectivity index (χ1) is 8.13. The van der Waals surface area contributed by atoms with Crippen LogP contribution in [0.1, 0.15) is 17.3 Å². The Balaban J connectivity index is 2.36. The number of ether oxygens (including phenoxy) is 1.